The first-order valence-electron chi connectivity index (χ1n) is 6.62. The van der Waals surface area contributed by atoms with Crippen molar-refractivity contribution in [2.45, 2.75) is 36.9 Å². The molecule has 1 N–H and O–H groups in total. The Morgan fingerprint density at radius 3 is 2.48 bits per heavy atom. The molecule has 2 rings (SSSR count). The number of ether oxygens (including phenoxy) is 1. The minimum atomic E-state index is -0.986. The van der Waals surface area contributed by atoms with Crippen LogP contribution in [-0.4, -0.2) is 39.8 Å². The molecule has 0 aromatic heterocycles. The van der Waals surface area contributed by atoms with Gasteiger partial charge in [-0.25, -0.2) is 4.79 Å². The quantitative estimate of drug-likeness (QED) is 0.929. The number of amides is 1. The molecule has 5 nitrogen and oxygen atoms in total. The average molecular weight is 309 g/mol. The molecule has 0 spiro atoms. The lowest BCUT2D eigenvalue weighted by Gasteiger charge is -2.29. The number of para-hydroxylation sites is 1. The van der Waals surface area contributed by atoms with Crippen LogP contribution in [0, 0.1) is 0 Å². The molecule has 1 amide bonds. The fourth-order valence-corrected chi connectivity index (χ4v) is 4.35. The number of hydrogen-bond donors (Lipinski definition) is 1. The van der Waals surface area contributed by atoms with E-state index >= 15 is 0 Å². The van der Waals surface area contributed by atoms with E-state index in [1.807, 2.05) is 38.1 Å². The molecule has 1 aliphatic heterocycles. The van der Waals surface area contributed by atoms with Crippen molar-refractivity contribution in [2.75, 3.05) is 7.11 Å². The largest absolute Gasteiger partial charge is 0.496 e. The van der Waals surface area contributed by atoms with Gasteiger partial charge in [0.15, 0.2) is 0 Å². The number of hydrogen-bond acceptors (Lipinski definition) is 4. The predicted molar refractivity (Wildman–Crippen MR) is 81.3 cm³/mol. The van der Waals surface area contributed by atoms with Gasteiger partial charge < -0.3 is 14.7 Å². The summed E-state index contributed by atoms with van der Waals surface area (Å²) in [7, 11) is 1.57. The Labute approximate surface area is 128 Å². The van der Waals surface area contributed by atoms with Crippen LogP contribution in [0.25, 0.3) is 0 Å². The van der Waals surface area contributed by atoms with E-state index in [-0.39, 0.29) is 11.3 Å². The van der Waals surface area contributed by atoms with Gasteiger partial charge in [0.2, 0.25) is 5.91 Å². The molecule has 1 saturated heterocycles. The van der Waals surface area contributed by atoms with Crippen LogP contribution in [0.15, 0.2) is 24.3 Å². The molecule has 1 aromatic carbocycles. The Morgan fingerprint density at radius 2 is 1.95 bits per heavy atom. The smallest absolute Gasteiger partial charge is 0.327 e. The summed E-state index contributed by atoms with van der Waals surface area (Å²) in [5.74, 6) is -0.584. The van der Waals surface area contributed by atoms with Crippen LogP contribution >= 0.6 is 11.8 Å². The van der Waals surface area contributed by atoms with Crippen LogP contribution in [0.2, 0.25) is 0 Å². The number of benzene rings is 1. The van der Waals surface area contributed by atoms with Crippen LogP contribution in [0.5, 0.6) is 5.75 Å². The summed E-state index contributed by atoms with van der Waals surface area (Å²) < 4.78 is 4.77. The first-order valence-corrected chi connectivity index (χ1v) is 7.50. The molecular formula is C15H19NO4S. The Hall–Kier alpha value is -1.69. The summed E-state index contributed by atoms with van der Waals surface area (Å²) in [6.45, 7) is 5.10. The molecule has 1 heterocycles. The Bertz CT molecular complexity index is 573. The number of rotatable bonds is 3. The third-order valence-electron chi connectivity index (χ3n) is 3.61. The van der Waals surface area contributed by atoms with Crippen LogP contribution < -0.4 is 4.74 Å². The van der Waals surface area contributed by atoms with Crippen molar-refractivity contribution in [1.82, 2.24) is 4.90 Å². The molecular weight excluding hydrogens is 290 g/mol. The highest BCUT2D eigenvalue weighted by molar-refractivity contribution is 8.01. The molecule has 0 saturated carbocycles. The van der Waals surface area contributed by atoms with Crippen LogP contribution in [0.4, 0.5) is 0 Å². The van der Waals surface area contributed by atoms with Gasteiger partial charge in [0.1, 0.15) is 17.2 Å². The Balaban J connectivity index is 2.53. The monoisotopic (exact) mass is 309 g/mol. The maximum Gasteiger partial charge on any atom is 0.327 e. The Morgan fingerprint density at radius 1 is 1.33 bits per heavy atom. The number of carbonyl (C=O) groups is 2. The lowest BCUT2D eigenvalue weighted by molar-refractivity contribution is -0.150. The molecule has 1 aromatic rings. The fourth-order valence-electron chi connectivity index (χ4n) is 2.73. The number of nitrogens with zero attached hydrogens (tertiary/aromatic N) is 1. The second-order valence-corrected chi connectivity index (χ2v) is 7.22. The SMILES string of the molecule is COc1ccccc1[C@@H]1SC(C)(C)[C@H](C(=O)O)N1C(C)=O. The zero-order chi connectivity index (χ0) is 15.8. The van der Waals surface area contributed by atoms with Gasteiger partial charge in [-0.15, -0.1) is 11.8 Å². The van der Waals surface area contributed by atoms with Crippen molar-refractivity contribution in [1.29, 1.82) is 0 Å². The molecule has 0 bridgehead atoms. The predicted octanol–water partition coefficient (Wildman–Crippen LogP) is 2.52. The zero-order valence-corrected chi connectivity index (χ0v) is 13.3. The van der Waals surface area contributed by atoms with Gasteiger partial charge in [0.25, 0.3) is 0 Å². The molecule has 6 heteroatoms. The van der Waals surface area contributed by atoms with Crippen LogP contribution in [0.3, 0.4) is 0 Å². The maximum absolute atomic E-state index is 12.0. The number of thioether (sulfide) groups is 1. The number of methoxy groups -OCH3 is 1. The van der Waals surface area contributed by atoms with Gasteiger partial charge in [-0.3, -0.25) is 4.79 Å². The highest BCUT2D eigenvalue weighted by atomic mass is 32.2. The maximum atomic E-state index is 12.0. The van der Waals surface area contributed by atoms with E-state index in [0.717, 1.165) is 5.56 Å². The third kappa shape index (κ3) is 2.72. The first kappa shape index (κ1) is 15.7. The van der Waals surface area contributed by atoms with Crippen molar-refractivity contribution in [3.63, 3.8) is 0 Å². The van der Waals surface area contributed by atoms with Gasteiger partial charge in [0, 0.05) is 17.2 Å². The van der Waals surface area contributed by atoms with Gasteiger partial charge in [0.05, 0.1) is 7.11 Å². The van der Waals surface area contributed by atoms with E-state index < -0.39 is 16.8 Å². The molecule has 2 atom stereocenters. The second kappa shape index (κ2) is 5.60. The minimum absolute atomic E-state index is 0.253. The number of carboxylic acid groups (broad SMARTS) is 1. The molecule has 0 unspecified atom stereocenters. The highest BCUT2D eigenvalue weighted by Crippen LogP contribution is 2.53. The van der Waals surface area contributed by atoms with Crippen LogP contribution in [-0.2, 0) is 9.59 Å². The van der Waals surface area contributed by atoms with Crippen LogP contribution in [0.1, 0.15) is 31.7 Å². The summed E-state index contributed by atoms with van der Waals surface area (Å²) in [6, 6.07) is 6.52. The summed E-state index contributed by atoms with van der Waals surface area (Å²) in [5.41, 5.74) is 0.817. The van der Waals surface area contributed by atoms with Gasteiger partial charge in [-0.2, -0.15) is 0 Å². The molecule has 0 aliphatic carbocycles. The van der Waals surface area contributed by atoms with Crippen molar-refractivity contribution in [3.8, 4) is 5.75 Å². The molecule has 1 fully saturated rings. The normalized spacial score (nSPS) is 23.9. The highest BCUT2D eigenvalue weighted by Gasteiger charge is 2.53. The second-order valence-electron chi connectivity index (χ2n) is 5.48. The minimum Gasteiger partial charge on any atom is -0.496 e. The summed E-state index contributed by atoms with van der Waals surface area (Å²) in [4.78, 5) is 25.1. The van der Waals surface area contributed by atoms with E-state index in [0.29, 0.717) is 5.75 Å². The molecule has 114 valence electrons. The van der Waals surface area contributed by atoms with Gasteiger partial charge in [-0.05, 0) is 19.9 Å². The van der Waals surface area contributed by atoms with E-state index in [2.05, 4.69) is 0 Å². The van der Waals surface area contributed by atoms with E-state index in [1.165, 1.54) is 23.6 Å². The molecule has 21 heavy (non-hydrogen) atoms. The average Bonchev–Trinajstić information content (AvgIpc) is 2.70. The van der Waals surface area contributed by atoms with E-state index in [1.54, 1.807) is 7.11 Å². The number of carboxylic acids is 1. The third-order valence-corrected chi connectivity index (χ3v) is 5.14. The molecule has 0 radical (unpaired) electrons. The van der Waals surface area contributed by atoms with Crippen molar-refractivity contribution in [3.05, 3.63) is 29.8 Å². The van der Waals surface area contributed by atoms with Gasteiger partial charge >= 0.3 is 5.97 Å². The Kier molecular flexibility index (Phi) is 4.18. The van der Waals surface area contributed by atoms with Crippen molar-refractivity contribution in [2.24, 2.45) is 0 Å². The van der Waals surface area contributed by atoms with Gasteiger partial charge in [-0.1, -0.05) is 18.2 Å². The summed E-state index contributed by atoms with van der Waals surface area (Å²) in [5, 5.41) is 9.15. The number of aliphatic carboxylic acids is 1. The van der Waals surface area contributed by atoms with Crippen molar-refractivity contribution >= 4 is 23.6 Å². The summed E-state index contributed by atoms with van der Waals surface area (Å²) in [6.07, 6.45) is 0. The first-order chi connectivity index (χ1) is 9.79. The van der Waals surface area contributed by atoms with Crippen molar-refractivity contribution < 1.29 is 19.4 Å². The fraction of sp³-hybridized carbons (Fsp3) is 0.467. The van der Waals surface area contributed by atoms with E-state index in [4.69, 9.17) is 4.74 Å². The summed E-state index contributed by atoms with van der Waals surface area (Å²) >= 11 is 1.47. The standard InChI is InChI=1S/C15H19NO4S/c1-9(17)16-12(14(18)19)15(2,3)21-13(16)10-7-5-6-8-11(10)20-4/h5-8,12-13H,1-4H3,(H,18,19)/t12-,13-/m0/s1. The lowest BCUT2D eigenvalue weighted by Crippen LogP contribution is -2.48. The number of carbonyl (C=O) groups excluding carboxylic acids is 1. The zero-order valence-electron chi connectivity index (χ0n) is 12.5. The van der Waals surface area contributed by atoms with E-state index in [9.17, 15) is 14.7 Å². The topological polar surface area (TPSA) is 66.8 Å². The lowest BCUT2D eigenvalue weighted by atomic mass is 10.0. The molecule has 1 aliphatic rings.